The molecule has 0 bridgehead atoms. The number of anilines is 1. The predicted octanol–water partition coefficient (Wildman–Crippen LogP) is 5.02. The SMILES string of the molecule is O=C(NC[C@H]1CN(S(=O)(=O)c2cccc(C(F)(F)F)c2)c2cc(-c3cc(F)ccc3F)ccc2O1)c1cocn1. The number of aromatic nitrogens is 1. The molecule has 3 aromatic carbocycles. The number of sulfonamides is 1. The van der Waals surface area contributed by atoms with Crippen LogP contribution in [-0.2, 0) is 16.2 Å². The number of hydrogen-bond acceptors (Lipinski definition) is 6. The molecule has 208 valence electrons. The molecular formula is C26H18F5N3O5S. The van der Waals surface area contributed by atoms with Gasteiger partial charge in [-0.1, -0.05) is 12.1 Å². The van der Waals surface area contributed by atoms with E-state index in [1.54, 1.807) is 0 Å². The van der Waals surface area contributed by atoms with Gasteiger partial charge in [-0.15, -0.1) is 0 Å². The number of rotatable bonds is 6. The largest absolute Gasteiger partial charge is 0.484 e. The van der Waals surface area contributed by atoms with Gasteiger partial charge in [0.1, 0.15) is 29.8 Å². The average molecular weight is 580 g/mol. The van der Waals surface area contributed by atoms with Crippen molar-refractivity contribution >= 4 is 21.6 Å². The van der Waals surface area contributed by atoms with Crippen LogP contribution < -0.4 is 14.4 Å². The Morgan fingerprint density at radius 2 is 1.88 bits per heavy atom. The first kappa shape index (κ1) is 27.1. The zero-order valence-corrected chi connectivity index (χ0v) is 21.0. The Kier molecular flexibility index (Phi) is 6.96. The Balaban J connectivity index is 1.55. The lowest BCUT2D eigenvalue weighted by Crippen LogP contribution is -2.48. The molecule has 8 nitrogen and oxygen atoms in total. The van der Waals surface area contributed by atoms with Crippen LogP contribution in [0.2, 0.25) is 0 Å². The summed E-state index contributed by atoms with van der Waals surface area (Å²) in [5, 5.41) is 2.53. The number of carbonyl (C=O) groups excluding carboxylic acids is 1. The van der Waals surface area contributed by atoms with Crippen LogP contribution in [0.25, 0.3) is 11.1 Å². The molecule has 1 atom stereocenters. The van der Waals surface area contributed by atoms with Crippen LogP contribution in [0, 0.1) is 11.6 Å². The van der Waals surface area contributed by atoms with Gasteiger partial charge in [0.05, 0.1) is 29.2 Å². The molecule has 1 N–H and O–H groups in total. The van der Waals surface area contributed by atoms with E-state index in [4.69, 9.17) is 9.15 Å². The minimum atomic E-state index is -4.80. The molecule has 0 saturated carbocycles. The molecule has 14 heteroatoms. The van der Waals surface area contributed by atoms with Crippen molar-refractivity contribution in [2.75, 3.05) is 17.4 Å². The minimum absolute atomic E-state index is 0.0111. The fraction of sp³-hybridized carbons (Fsp3) is 0.154. The van der Waals surface area contributed by atoms with E-state index in [9.17, 15) is 35.2 Å². The summed E-state index contributed by atoms with van der Waals surface area (Å²) >= 11 is 0. The number of nitrogens with zero attached hydrogens (tertiary/aromatic N) is 2. The quantitative estimate of drug-likeness (QED) is 0.322. The number of benzene rings is 3. The maximum Gasteiger partial charge on any atom is 0.416 e. The first-order valence-electron chi connectivity index (χ1n) is 11.6. The Labute approximate surface area is 224 Å². The Hall–Kier alpha value is -4.46. The first-order chi connectivity index (χ1) is 18.9. The van der Waals surface area contributed by atoms with Gasteiger partial charge >= 0.3 is 6.18 Å². The van der Waals surface area contributed by atoms with Crippen LogP contribution in [0.4, 0.5) is 27.6 Å². The second-order valence-electron chi connectivity index (χ2n) is 8.69. The second-order valence-corrected chi connectivity index (χ2v) is 10.6. The van der Waals surface area contributed by atoms with Crippen LogP contribution in [0.1, 0.15) is 16.1 Å². The lowest BCUT2D eigenvalue weighted by atomic mass is 10.0. The number of ether oxygens (including phenoxy) is 1. The van der Waals surface area contributed by atoms with E-state index < -0.39 is 56.8 Å². The smallest absolute Gasteiger partial charge is 0.416 e. The molecule has 0 saturated heterocycles. The molecule has 1 amide bonds. The van der Waals surface area contributed by atoms with Crippen molar-refractivity contribution in [3.63, 3.8) is 0 Å². The highest BCUT2D eigenvalue weighted by Gasteiger charge is 2.37. The summed E-state index contributed by atoms with van der Waals surface area (Å²) in [6.07, 6.45) is -3.64. The lowest BCUT2D eigenvalue weighted by molar-refractivity contribution is -0.137. The molecule has 4 aromatic rings. The highest BCUT2D eigenvalue weighted by Crippen LogP contribution is 2.41. The third-order valence-electron chi connectivity index (χ3n) is 6.03. The maximum absolute atomic E-state index is 14.5. The number of alkyl halides is 3. The topological polar surface area (TPSA) is 102 Å². The summed E-state index contributed by atoms with van der Waals surface area (Å²) in [4.78, 5) is 15.4. The molecule has 0 unspecified atom stereocenters. The van der Waals surface area contributed by atoms with Crippen LogP contribution in [0.15, 0.2) is 82.6 Å². The van der Waals surface area contributed by atoms with Gasteiger partial charge in [0.15, 0.2) is 12.1 Å². The van der Waals surface area contributed by atoms with E-state index in [1.807, 2.05) is 0 Å². The van der Waals surface area contributed by atoms with Crippen molar-refractivity contribution in [3.05, 3.63) is 96.2 Å². The Bertz CT molecular complexity index is 1680. The summed E-state index contributed by atoms with van der Waals surface area (Å²) in [6, 6.07) is 9.91. The number of nitrogens with one attached hydrogen (secondary N) is 1. The monoisotopic (exact) mass is 579 g/mol. The zero-order chi connectivity index (χ0) is 28.7. The summed E-state index contributed by atoms with van der Waals surface area (Å²) in [5.74, 6) is -2.16. The number of oxazole rings is 1. The van der Waals surface area contributed by atoms with E-state index in [-0.39, 0.29) is 34.8 Å². The third kappa shape index (κ3) is 5.34. The number of hydrogen-bond donors (Lipinski definition) is 1. The van der Waals surface area contributed by atoms with Gasteiger partial charge in [-0.25, -0.2) is 22.2 Å². The Morgan fingerprint density at radius 1 is 1.07 bits per heavy atom. The van der Waals surface area contributed by atoms with Crippen LogP contribution in [0.3, 0.4) is 0 Å². The van der Waals surface area contributed by atoms with Crippen molar-refractivity contribution in [2.24, 2.45) is 0 Å². The summed E-state index contributed by atoms with van der Waals surface area (Å²) in [6.45, 7) is -0.639. The maximum atomic E-state index is 14.5. The molecule has 0 radical (unpaired) electrons. The summed E-state index contributed by atoms with van der Waals surface area (Å²) in [7, 11) is -4.64. The van der Waals surface area contributed by atoms with Crippen LogP contribution >= 0.6 is 0 Å². The number of carbonyl (C=O) groups is 1. The third-order valence-corrected chi connectivity index (χ3v) is 7.81. The van der Waals surface area contributed by atoms with Gasteiger partial charge in [-0.2, -0.15) is 13.2 Å². The molecule has 0 aliphatic carbocycles. The zero-order valence-electron chi connectivity index (χ0n) is 20.2. The van der Waals surface area contributed by atoms with Gasteiger partial charge < -0.3 is 14.5 Å². The minimum Gasteiger partial charge on any atom is -0.484 e. The van der Waals surface area contributed by atoms with Crippen LogP contribution in [0.5, 0.6) is 5.75 Å². The molecule has 1 aliphatic heterocycles. The van der Waals surface area contributed by atoms with E-state index in [2.05, 4.69) is 10.3 Å². The molecule has 0 fully saturated rings. The number of amides is 1. The lowest BCUT2D eigenvalue weighted by Gasteiger charge is -2.36. The van der Waals surface area contributed by atoms with Crippen molar-refractivity contribution in [2.45, 2.75) is 17.2 Å². The van der Waals surface area contributed by atoms with Gasteiger partial charge in [0.2, 0.25) is 0 Å². The normalized spacial score (nSPS) is 15.3. The molecule has 40 heavy (non-hydrogen) atoms. The molecule has 1 aromatic heterocycles. The van der Waals surface area contributed by atoms with Crippen molar-refractivity contribution < 1.29 is 44.3 Å². The summed E-state index contributed by atoms with van der Waals surface area (Å²) < 4.78 is 107. The average Bonchev–Trinajstić information content (AvgIpc) is 3.47. The molecule has 1 aliphatic rings. The van der Waals surface area contributed by atoms with Gasteiger partial charge in [0, 0.05) is 5.56 Å². The van der Waals surface area contributed by atoms with Gasteiger partial charge in [0.25, 0.3) is 15.9 Å². The fourth-order valence-electron chi connectivity index (χ4n) is 4.11. The summed E-state index contributed by atoms with van der Waals surface area (Å²) in [5.41, 5.74) is -1.39. The van der Waals surface area contributed by atoms with E-state index in [1.165, 1.54) is 18.2 Å². The standard InChI is InChI=1S/C26H18F5N3O5S/c27-17-5-6-21(28)20(10-17)15-4-7-24-23(8-15)34(12-18(39-24)11-32-25(35)22-13-38-14-33-22)40(36,37)19-3-1-2-16(9-19)26(29,30)31/h1-10,13-14,18H,11-12H2,(H,32,35)/t18-/m0/s1. The predicted molar refractivity (Wildman–Crippen MR) is 131 cm³/mol. The highest BCUT2D eigenvalue weighted by molar-refractivity contribution is 7.92. The molecule has 2 heterocycles. The van der Waals surface area contributed by atoms with Crippen molar-refractivity contribution in [1.29, 1.82) is 0 Å². The van der Waals surface area contributed by atoms with E-state index in [0.717, 1.165) is 53.4 Å². The van der Waals surface area contributed by atoms with E-state index in [0.29, 0.717) is 6.07 Å². The van der Waals surface area contributed by atoms with Crippen LogP contribution in [-0.4, -0.2) is 38.5 Å². The fourth-order valence-corrected chi connectivity index (χ4v) is 5.66. The molecule has 0 spiro atoms. The van der Waals surface area contributed by atoms with Crippen molar-refractivity contribution in [3.8, 4) is 16.9 Å². The first-order valence-corrected chi connectivity index (χ1v) is 13.0. The highest BCUT2D eigenvalue weighted by atomic mass is 32.2. The van der Waals surface area contributed by atoms with E-state index >= 15 is 0 Å². The number of fused-ring (bicyclic) bond motifs is 1. The number of halogens is 5. The van der Waals surface area contributed by atoms with Crippen molar-refractivity contribution in [1.82, 2.24) is 10.3 Å². The second kappa shape index (κ2) is 10.3. The Morgan fingerprint density at radius 3 is 2.60 bits per heavy atom. The van der Waals surface area contributed by atoms with Gasteiger partial charge in [-0.3, -0.25) is 9.10 Å². The molecular weight excluding hydrogens is 561 g/mol. The van der Waals surface area contributed by atoms with Gasteiger partial charge in [-0.05, 0) is 54.1 Å². The molecule has 5 rings (SSSR count).